The summed E-state index contributed by atoms with van der Waals surface area (Å²) >= 11 is 1.80. The van der Waals surface area contributed by atoms with E-state index in [1.165, 1.54) is 4.90 Å². The first-order valence-corrected chi connectivity index (χ1v) is 6.37. The Morgan fingerprint density at radius 1 is 1.38 bits per heavy atom. The van der Waals surface area contributed by atoms with Gasteiger partial charge >= 0.3 is 0 Å². The molecule has 3 nitrogen and oxygen atoms in total. The van der Waals surface area contributed by atoms with Crippen LogP contribution in [0.1, 0.15) is 25.3 Å². The van der Waals surface area contributed by atoms with Gasteiger partial charge < -0.3 is 0 Å². The molecular weight excluding hydrogens is 220 g/mol. The first kappa shape index (κ1) is 13.1. The number of hydrogen-bond donors (Lipinski definition) is 2. The lowest BCUT2D eigenvalue weighted by Gasteiger charge is -2.12. The minimum atomic E-state index is -0.131. The molecule has 88 valence electrons. The number of rotatable bonds is 5. The molecule has 1 rings (SSSR count). The van der Waals surface area contributed by atoms with Gasteiger partial charge in [-0.3, -0.25) is 10.2 Å². The van der Waals surface area contributed by atoms with E-state index in [1.807, 2.05) is 19.1 Å². The number of benzene rings is 1. The van der Waals surface area contributed by atoms with Crippen LogP contribution < -0.4 is 10.9 Å². The highest BCUT2D eigenvalue weighted by Crippen LogP contribution is 2.21. The Morgan fingerprint density at radius 2 is 2.00 bits per heavy atom. The van der Waals surface area contributed by atoms with Gasteiger partial charge in [-0.15, -0.1) is 11.8 Å². The molecule has 0 spiro atoms. The molecule has 1 atom stereocenters. The predicted molar refractivity (Wildman–Crippen MR) is 68.5 cm³/mol. The molecule has 2 N–H and O–H groups in total. The Hall–Kier alpha value is -1.00. The molecular formula is C12H18N2OS. The molecule has 0 aliphatic carbocycles. The van der Waals surface area contributed by atoms with Crippen LogP contribution in [0.2, 0.25) is 0 Å². The number of carbonyl (C=O) groups is 1. The highest BCUT2D eigenvalue weighted by Gasteiger charge is 2.13. The number of carbonyl (C=O) groups excluding carboxylic acids is 1. The van der Waals surface area contributed by atoms with Gasteiger partial charge in [-0.05, 0) is 30.4 Å². The fourth-order valence-electron chi connectivity index (χ4n) is 1.40. The molecule has 0 aliphatic heterocycles. The van der Waals surface area contributed by atoms with Gasteiger partial charge in [-0.25, -0.2) is 5.43 Å². The molecule has 1 amide bonds. The van der Waals surface area contributed by atoms with Crippen LogP contribution in [0.3, 0.4) is 0 Å². The van der Waals surface area contributed by atoms with E-state index >= 15 is 0 Å². The van der Waals surface area contributed by atoms with Crippen molar-refractivity contribution in [3.05, 3.63) is 29.8 Å². The lowest BCUT2D eigenvalue weighted by atomic mass is 10.0. The van der Waals surface area contributed by atoms with Gasteiger partial charge in [0.1, 0.15) is 0 Å². The summed E-state index contributed by atoms with van der Waals surface area (Å²) in [6, 6.07) is 8.15. The average Bonchev–Trinajstić information content (AvgIpc) is 2.30. The van der Waals surface area contributed by atoms with Gasteiger partial charge in [0.05, 0.1) is 5.92 Å². The Bertz CT molecular complexity index is 337. The quantitative estimate of drug-likeness (QED) is 0.610. The smallest absolute Gasteiger partial charge is 0.241 e. The van der Waals surface area contributed by atoms with E-state index in [1.54, 1.807) is 18.8 Å². The molecule has 0 aliphatic rings. The van der Waals surface area contributed by atoms with E-state index in [-0.39, 0.29) is 11.8 Å². The molecule has 1 aromatic carbocycles. The third kappa shape index (κ3) is 3.54. The summed E-state index contributed by atoms with van der Waals surface area (Å²) in [6.07, 6.45) is 0. The largest absolute Gasteiger partial charge is 0.291 e. The van der Waals surface area contributed by atoms with E-state index < -0.39 is 0 Å². The molecule has 0 saturated carbocycles. The van der Waals surface area contributed by atoms with Gasteiger partial charge in [0.2, 0.25) is 5.91 Å². The van der Waals surface area contributed by atoms with Crippen LogP contribution in [-0.4, -0.2) is 18.7 Å². The van der Waals surface area contributed by atoms with Crippen molar-refractivity contribution < 1.29 is 4.79 Å². The Morgan fingerprint density at radius 3 is 2.50 bits per heavy atom. The fraction of sp³-hybridized carbons (Fsp3) is 0.417. The molecule has 0 heterocycles. The summed E-state index contributed by atoms with van der Waals surface area (Å²) in [5.74, 6) is 0.918. The second kappa shape index (κ2) is 6.55. The van der Waals surface area contributed by atoms with Crippen LogP contribution in [-0.2, 0) is 4.79 Å². The standard InChI is InChI=1S/C12H18N2OS/c1-4-16-11-7-5-10(6-8-11)9(2)12(15)14-13-3/h5-9,13H,4H2,1-3H3,(H,14,15). The van der Waals surface area contributed by atoms with Crippen molar-refractivity contribution in [3.8, 4) is 0 Å². The summed E-state index contributed by atoms with van der Waals surface area (Å²) < 4.78 is 0. The van der Waals surface area contributed by atoms with E-state index in [9.17, 15) is 4.79 Å². The SMILES string of the molecule is CCSc1ccc(C(C)C(=O)NNC)cc1. The number of hydrogen-bond acceptors (Lipinski definition) is 3. The third-order valence-electron chi connectivity index (χ3n) is 2.33. The van der Waals surface area contributed by atoms with Gasteiger partial charge in [0.15, 0.2) is 0 Å². The first-order chi connectivity index (χ1) is 7.69. The monoisotopic (exact) mass is 238 g/mol. The Labute approximate surface area is 101 Å². The number of nitrogens with one attached hydrogen (secondary N) is 2. The van der Waals surface area contributed by atoms with Crippen LogP contribution in [0.4, 0.5) is 0 Å². The molecule has 16 heavy (non-hydrogen) atoms. The first-order valence-electron chi connectivity index (χ1n) is 5.38. The second-order valence-corrected chi connectivity index (χ2v) is 4.80. The van der Waals surface area contributed by atoms with Crippen molar-refractivity contribution in [3.63, 3.8) is 0 Å². The molecule has 0 aromatic heterocycles. The highest BCUT2D eigenvalue weighted by atomic mass is 32.2. The van der Waals surface area contributed by atoms with Crippen molar-refractivity contribution in [2.24, 2.45) is 0 Å². The summed E-state index contributed by atoms with van der Waals surface area (Å²) in [6.45, 7) is 4.02. The van der Waals surface area contributed by atoms with Crippen molar-refractivity contribution in [2.75, 3.05) is 12.8 Å². The van der Waals surface area contributed by atoms with E-state index in [0.717, 1.165) is 11.3 Å². The molecule has 0 radical (unpaired) electrons. The molecule has 0 saturated heterocycles. The van der Waals surface area contributed by atoms with Crippen molar-refractivity contribution in [1.82, 2.24) is 10.9 Å². The van der Waals surface area contributed by atoms with Gasteiger partial charge in [0.25, 0.3) is 0 Å². The van der Waals surface area contributed by atoms with Crippen LogP contribution in [0.25, 0.3) is 0 Å². The Kier molecular flexibility index (Phi) is 5.35. The number of thioether (sulfide) groups is 1. The normalized spacial score (nSPS) is 12.2. The summed E-state index contributed by atoms with van der Waals surface area (Å²) in [7, 11) is 1.69. The predicted octanol–water partition coefficient (Wildman–Crippen LogP) is 2.15. The lowest BCUT2D eigenvalue weighted by Crippen LogP contribution is -2.37. The van der Waals surface area contributed by atoms with Gasteiger partial charge in [0, 0.05) is 11.9 Å². The minimum Gasteiger partial charge on any atom is -0.291 e. The van der Waals surface area contributed by atoms with Crippen LogP contribution in [0.15, 0.2) is 29.2 Å². The molecule has 0 fully saturated rings. The lowest BCUT2D eigenvalue weighted by molar-refractivity contribution is -0.123. The zero-order chi connectivity index (χ0) is 12.0. The van der Waals surface area contributed by atoms with Crippen LogP contribution >= 0.6 is 11.8 Å². The fourth-order valence-corrected chi connectivity index (χ4v) is 2.06. The van der Waals surface area contributed by atoms with Crippen molar-refractivity contribution >= 4 is 17.7 Å². The minimum absolute atomic E-state index is 0.0154. The summed E-state index contributed by atoms with van der Waals surface area (Å²) in [5.41, 5.74) is 6.27. The number of hydrazine groups is 1. The van der Waals surface area contributed by atoms with Crippen LogP contribution in [0.5, 0.6) is 0 Å². The zero-order valence-electron chi connectivity index (χ0n) is 9.91. The third-order valence-corrected chi connectivity index (χ3v) is 3.23. The van der Waals surface area contributed by atoms with E-state index in [0.29, 0.717) is 0 Å². The second-order valence-electron chi connectivity index (χ2n) is 3.46. The molecule has 1 aromatic rings. The average molecular weight is 238 g/mol. The maximum Gasteiger partial charge on any atom is 0.241 e. The molecule has 0 bridgehead atoms. The summed E-state index contributed by atoms with van der Waals surface area (Å²) in [4.78, 5) is 12.8. The number of amides is 1. The van der Waals surface area contributed by atoms with Crippen LogP contribution in [0, 0.1) is 0 Å². The van der Waals surface area contributed by atoms with E-state index in [2.05, 4.69) is 29.9 Å². The van der Waals surface area contributed by atoms with E-state index in [4.69, 9.17) is 0 Å². The van der Waals surface area contributed by atoms with Gasteiger partial charge in [-0.1, -0.05) is 19.1 Å². The zero-order valence-corrected chi connectivity index (χ0v) is 10.7. The Balaban J connectivity index is 2.69. The van der Waals surface area contributed by atoms with Crippen molar-refractivity contribution in [2.45, 2.75) is 24.7 Å². The topological polar surface area (TPSA) is 41.1 Å². The van der Waals surface area contributed by atoms with Crippen molar-refractivity contribution in [1.29, 1.82) is 0 Å². The van der Waals surface area contributed by atoms with Gasteiger partial charge in [-0.2, -0.15) is 0 Å². The molecule has 1 unspecified atom stereocenters. The maximum absolute atomic E-state index is 11.6. The molecule has 4 heteroatoms. The summed E-state index contributed by atoms with van der Waals surface area (Å²) in [5, 5.41) is 0. The maximum atomic E-state index is 11.6. The highest BCUT2D eigenvalue weighted by molar-refractivity contribution is 7.99.